The molecule has 1 aliphatic carbocycles. The molecule has 1 N–H and O–H groups in total. The molecule has 2 nitrogen and oxygen atoms in total. The molecule has 12 heavy (non-hydrogen) atoms. The van der Waals surface area contributed by atoms with Crippen molar-refractivity contribution in [3.05, 3.63) is 0 Å². The molecule has 1 fully saturated rings. The van der Waals surface area contributed by atoms with Gasteiger partial charge in [0.15, 0.2) is 0 Å². The second kappa shape index (κ2) is 3.45. The van der Waals surface area contributed by atoms with Gasteiger partial charge in [-0.2, -0.15) is 5.26 Å². The second-order valence-corrected chi connectivity index (χ2v) is 4.29. The van der Waals surface area contributed by atoms with Gasteiger partial charge in [0.25, 0.3) is 0 Å². The highest BCUT2D eigenvalue weighted by Gasteiger charge is 2.30. The highest BCUT2D eigenvalue weighted by atomic mass is 15.0. The third-order valence-electron chi connectivity index (χ3n) is 2.84. The van der Waals surface area contributed by atoms with Crippen molar-refractivity contribution in [2.24, 2.45) is 11.8 Å². The number of hydrogen-bond acceptors (Lipinski definition) is 2. The first-order valence-corrected chi connectivity index (χ1v) is 4.75. The van der Waals surface area contributed by atoms with Gasteiger partial charge in [-0.25, -0.2) is 0 Å². The van der Waals surface area contributed by atoms with Crippen molar-refractivity contribution in [3.8, 4) is 6.07 Å². The maximum Gasteiger partial charge on any atom is 0.106 e. The Labute approximate surface area is 75.0 Å². The predicted octanol–water partition coefficient (Wildman–Crippen LogP) is 1.92. The van der Waals surface area contributed by atoms with Gasteiger partial charge in [-0.3, -0.25) is 5.32 Å². The molecule has 1 aliphatic rings. The summed E-state index contributed by atoms with van der Waals surface area (Å²) in [5.41, 5.74) is -0.331. The van der Waals surface area contributed by atoms with Crippen molar-refractivity contribution in [2.75, 3.05) is 6.54 Å². The van der Waals surface area contributed by atoms with Gasteiger partial charge in [-0.15, -0.1) is 0 Å². The smallest absolute Gasteiger partial charge is 0.106 e. The molecule has 1 saturated carbocycles. The fourth-order valence-corrected chi connectivity index (χ4v) is 1.05. The fourth-order valence-electron chi connectivity index (χ4n) is 1.05. The fraction of sp³-hybridized carbons (Fsp3) is 0.900. The van der Waals surface area contributed by atoms with Gasteiger partial charge in [0, 0.05) is 0 Å². The molecule has 0 bridgehead atoms. The Hall–Kier alpha value is -0.550. The molecule has 1 atom stereocenters. The van der Waals surface area contributed by atoms with Crippen LogP contribution in [0.2, 0.25) is 0 Å². The Morgan fingerprint density at radius 1 is 1.58 bits per heavy atom. The van der Waals surface area contributed by atoms with E-state index in [4.69, 9.17) is 5.26 Å². The molecule has 1 unspecified atom stereocenters. The molecule has 2 heteroatoms. The standard InChI is InChI=1S/C10H18N2/c1-8(2)10(3,7-11)12-6-9-4-5-9/h8-9,12H,4-6H2,1-3H3. The van der Waals surface area contributed by atoms with Gasteiger partial charge < -0.3 is 0 Å². The Morgan fingerprint density at radius 3 is 2.50 bits per heavy atom. The van der Waals surface area contributed by atoms with Gasteiger partial charge in [-0.05, 0) is 38.1 Å². The van der Waals surface area contributed by atoms with Crippen LogP contribution in [0.1, 0.15) is 33.6 Å². The van der Waals surface area contributed by atoms with Crippen LogP contribution in [-0.4, -0.2) is 12.1 Å². The van der Waals surface area contributed by atoms with E-state index < -0.39 is 0 Å². The monoisotopic (exact) mass is 166 g/mol. The first-order chi connectivity index (χ1) is 5.58. The maximum atomic E-state index is 8.98. The van der Waals surface area contributed by atoms with Gasteiger partial charge in [0.05, 0.1) is 6.07 Å². The zero-order valence-electron chi connectivity index (χ0n) is 8.22. The van der Waals surface area contributed by atoms with E-state index in [0.29, 0.717) is 5.92 Å². The van der Waals surface area contributed by atoms with Crippen molar-refractivity contribution in [1.82, 2.24) is 5.32 Å². The summed E-state index contributed by atoms with van der Waals surface area (Å²) in [6, 6.07) is 2.35. The van der Waals surface area contributed by atoms with Crippen LogP contribution in [0.15, 0.2) is 0 Å². The van der Waals surface area contributed by atoms with Crippen LogP contribution in [0.5, 0.6) is 0 Å². The van der Waals surface area contributed by atoms with E-state index in [0.717, 1.165) is 12.5 Å². The first kappa shape index (κ1) is 9.54. The first-order valence-electron chi connectivity index (χ1n) is 4.75. The third kappa shape index (κ3) is 2.22. The number of nitrogens with one attached hydrogen (secondary N) is 1. The second-order valence-electron chi connectivity index (χ2n) is 4.29. The molecule has 0 radical (unpaired) electrons. The van der Waals surface area contributed by atoms with Gasteiger partial charge in [0.2, 0.25) is 0 Å². The summed E-state index contributed by atoms with van der Waals surface area (Å²) in [5.74, 6) is 1.22. The zero-order valence-corrected chi connectivity index (χ0v) is 8.22. The van der Waals surface area contributed by atoms with Gasteiger partial charge in [-0.1, -0.05) is 13.8 Å². The topological polar surface area (TPSA) is 35.8 Å². The summed E-state index contributed by atoms with van der Waals surface area (Å²) in [6.45, 7) is 7.18. The molecule has 0 aromatic carbocycles. The minimum absolute atomic E-state index is 0.331. The molecule has 0 spiro atoms. The molecule has 0 saturated heterocycles. The largest absolute Gasteiger partial charge is 0.299 e. The van der Waals surface area contributed by atoms with E-state index in [1.165, 1.54) is 12.8 Å². The summed E-state index contributed by atoms with van der Waals surface area (Å²) in [4.78, 5) is 0. The maximum absolute atomic E-state index is 8.98. The Balaban J connectivity index is 2.37. The van der Waals surface area contributed by atoms with Crippen LogP contribution in [0, 0.1) is 23.2 Å². The van der Waals surface area contributed by atoms with Crippen molar-refractivity contribution in [2.45, 2.75) is 39.2 Å². The van der Waals surface area contributed by atoms with E-state index >= 15 is 0 Å². The summed E-state index contributed by atoms with van der Waals surface area (Å²) in [6.07, 6.45) is 2.68. The Kier molecular flexibility index (Phi) is 2.74. The van der Waals surface area contributed by atoms with Crippen LogP contribution in [-0.2, 0) is 0 Å². The van der Waals surface area contributed by atoms with Crippen LogP contribution in [0.3, 0.4) is 0 Å². The number of nitriles is 1. The quantitative estimate of drug-likeness (QED) is 0.692. The molecule has 0 aromatic heterocycles. The molecule has 0 amide bonds. The summed E-state index contributed by atoms with van der Waals surface area (Å²) >= 11 is 0. The summed E-state index contributed by atoms with van der Waals surface area (Å²) in [5, 5.41) is 12.3. The number of rotatable bonds is 4. The normalized spacial score (nSPS) is 21.9. The SMILES string of the molecule is CC(C)C(C)(C#N)NCC1CC1. The van der Waals surface area contributed by atoms with Crippen molar-refractivity contribution in [3.63, 3.8) is 0 Å². The molecular formula is C10H18N2. The van der Waals surface area contributed by atoms with Gasteiger partial charge >= 0.3 is 0 Å². The minimum atomic E-state index is -0.331. The van der Waals surface area contributed by atoms with Crippen LogP contribution >= 0.6 is 0 Å². The van der Waals surface area contributed by atoms with E-state index in [-0.39, 0.29) is 5.54 Å². The molecular weight excluding hydrogens is 148 g/mol. The average Bonchev–Trinajstić information content (AvgIpc) is 2.83. The van der Waals surface area contributed by atoms with E-state index in [2.05, 4.69) is 25.2 Å². The van der Waals surface area contributed by atoms with E-state index in [9.17, 15) is 0 Å². The molecule has 1 rings (SSSR count). The lowest BCUT2D eigenvalue weighted by Gasteiger charge is -2.27. The molecule has 0 aromatic rings. The Morgan fingerprint density at radius 2 is 2.17 bits per heavy atom. The zero-order chi connectivity index (χ0) is 9.19. The lowest BCUT2D eigenvalue weighted by atomic mass is 9.90. The summed E-state index contributed by atoms with van der Waals surface area (Å²) < 4.78 is 0. The van der Waals surface area contributed by atoms with Crippen molar-refractivity contribution < 1.29 is 0 Å². The van der Waals surface area contributed by atoms with E-state index in [1.807, 2.05) is 6.92 Å². The van der Waals surface area contributed by atoms with Crippen molar-refractivity contribution >= 4 is 0 Å². The van der Waals surface area contributed by atoms with Crippen molar-refractivity contribution in [1.29, 1.82) is 5.26 Å². The lowest BCUT2D eigenvalue weighted by Crippen LogP contribution is -2.46. The lowest BCUT2D eigenvalue weighted by molar-refractivity contribution is 0.333. The van der Waals surface area contributed by atoms with Crippen LogP contribution < -0.4 is 5.32 Å². The van der Waals surface area contributed by atoms with Crippen LogP contribution in [0.4, 0.5) is 0 Å². The number of hydrogen-bond donors (Lipinski definition) is 1. The summed E-state index contributed by atoms with van der Waals surface area (Å²) in [7, 11) is 0. The van der Waals surface area contributed by atoms with E-state index in [1.54, 1.807) is 0 Å². The average molecular weight is 166 g/mol. The molecule has 0 heterocycles. The minimum Gasteiger partial charge on any atom is -0.299 e. The van der Waals surface area contributed by atoms with Gasteiger partial charge in [0.1, 0.15) is 5.54 Å². The number of nitrogens with zero attached hydrogens (tertiary/aromatic N) is 1. The molecule has 68 valence electrons. The predicted molar refractivity (Wildman–Crippen MR) is 49.6 cm³/mol. The Bertz CT molecular complexity index is 189. The molecule has 0 aliphatic heterocycles. The highest BCUT2D eigenvalue weighted by Crippen LogP contribution is 2.29. The van der Waals surface area contributed by atoms with Crippen LogP contribution in [0.25, 0.3) is 0 Å². The third-order valence-corrected chi connectivity index (χ3v) is 2.84. The highest BCUT2D eigenvalue weighted by molar-refractivity contribution is 5.06.